The van der Waals surface area contributed by atoms with Gasteiger partial charge in [0, 0.05) is 30.6 Å². The van der Waals surface area contributed by atoms with E-state index < -0.39 is 32.9 Å². The van der Waals surface area contributed by atoms with Gasteiger partial charge >= 0.3 is 5.97 Å². The Kier molecular flexibility index (Phi) is 5.46. The Morgan fingerprint density at radius 2 is 2.10 bits per heavy atom. The van der Waals surface area contributed by atoms with Crippen LogP contribution in [0.1, 0.15) is 6.92 Å². The van der Waals surface area contributed by atoms with Crippen LogP contribution in [0.2, 0.25) is 0 Å². The molecule has 2 heterocycles. The smallest absolute Gasteiger partial charge is 0.340 e. The number of hydrogen-bond acceptors (Lipinski definition) is 8. The fraction of sp³-hybridized carbons (Fsp3) is 0.235. The number of fused-ring (bicyclic) bond motifs is 1. The minimum absolute atomic E-state index is 0.123. The number of rotatable bonds is 5. The predicted octanol–water partition coefficient (Wildman–Crippen LogP) is 0.963. The highest BCUT2D eigenvalue weighted by atomic mass is 32.2. The Balaban J connectivity index is 1.63. The lowest BCUT2D eigenvalue weighted by molar-refractivity contribution is -0.384. The number of sulfonamides is 1. The number of carbonyl (C=O) groups excluding carboxylic acids is 2. The molecule has 1 unspecified atom stereocenters. The quantitative estimate of drug-likeness (QED) is 0.421. The standard InChI is InChI=1S/C17H16N4O7S/c1-11(16(22)18-13-3-2-4-14(9-13)21(24)25)28-17(23)12-5-6-15-19-29(26,27)8-7-20(15)10-12/h2-6,9-11H,7-8H2,1H3,(H,18,22). The Bertz CT molecular complexity index is 1080. The van der Waals surface area contributed by atoms with Gasteiger partial charge < -0.3 is 15.0 Å². The van der Waals surface area contributed by atoms with Crippen molar-refractivity contribution in [2.45, 2.75) is 13.0 Å². The molecule has 11 nitrogen and oxygen atoms in total. The number of hydrogen-bond donors (Lipinski definition) is 1. The average molecular weight is 420 g/mol. The maximum absolute atomic E-state index is 12.3. The molecule has 0 bridgehead atoms. The van der Waals surface area contributed by atoms with Crippen molar-refractivity contribution >= 4 is 39.1 Å². The summed E-state index contributed by atoms with van der Waals surface area (Å²) < 4.78 is 31.8. The molecular weight excluding hydrogens is 404 g/mol. The van der Waals surface area contributed by atoms with E-state index in [4.69, 9.17) is 4.74 Å². The largest absolute Gasteiger partial charge is 0.449 e. The molecular formula is C17H16N4O7S. The second-order valence-electron chi connectivity index (χ2n) is 6.19. The number of non-ortho nitro benzene ring substituents is 1. The highest BCUT2D eigenvalue weighted by Gasteiger charge is 2.27. The van der Waals surface area contributed by atoms with Crippen LogP contribution in [0.4, 0.5) is 11.4 Å². The summed E-state index contributed by atoms with van der Waals surface area (Å²) in [5, 5.41) is 13.2. The highest BCUT2D eigenvalue weighted by Crippen LogP contribution is 2.19. The van der Waals surface area contributed by atoms with Gasteiger partial charge in [-0.3, -0.25) is 14.9 Å². The third-order valence-corrected chi connectivity index (χ3v) is 5.20. The minimum Gasteiger partial charge on any atom is -0.449 e. The van der Waals surface area contributed by atoms with Crippen molar-refractivity contribution in [2.24, 2.45) is 4.40 Å². The van der Waals surface area contributed by atoms with E-state index >= 15 is 0 Å². The molecule has 2 aliphatic heterocycles. The zero-order valence-electron chi connectivity index (χ0n) is 15.1. The van der Waals surface area contributed by atoms with Crippen LogP contribution < -0.4 is 5.32 Å². The van der Waals surface area contributed by atoms with E-state index in [0.29, 0.717) is 0 Å². The number of benzene rings is 1. The number of amidine groups is 1. The number of nitrogens with one attached hydrogen (secondary N) is 1. The van der Waals surface area contributed by atoms with Gasteiger partial charge in [0.15, 0.2) is 6.10 Å². The molecule has 1 N–H and O–H groups in total. The Morgan fingerprint density at radius 3 is 2.83 bits per heavy atom. The van der Waals surface area contributed by atoms with E-state index in [1.165, 1.54) is 54.4 Å². The number of carbonyl (C=O) groups is 2. The first kappa shape index (κ1) is 20.2. The van der Waals surface area contributed by atoms with Gasteiger partial charge in [0.05, 0.1) is 16.2 Å². The third-order valence-electron chi connectivity index (χ3n) is 4.04. The SMILES string of the molecule is CC(OC(=O)C1=CN2CCS(=O)(=O)N=C2C=C1)C(=O)Nc1cccc([N+](=O)[O-])c1. The number of nitrogens with zero attached hydrogens (tertiary/aromatic N) is 3. The van der Waals surface area contributed by atoms with Crippen molar-refractivity contribution in [3.63, 3.8) is 0 Å². The molecule has 12 heteroatoms. The molecule has 1 aromatic rings. The van der Waals surface area contributed by atoms with Crippen LogP contribution in [-0.2, 0) is 24.3 Å². The van der Waals surface area contributed by atoms with E-state index in [0.717, 1.165) is 0 Å². The summed E-state index contributed by atoms with van der Waals surface area (Å²) in [6, 6.07) is 5.35. The van der Waals surface area contributed by atoms with Gasteiger partial charge in [-0.25, -0.2) is 13.2 Å². The van der Waals surface area contributed by atoms with Gasteiger partial charge in [0.25, 0.3) is 21.6 Å². The summed E-state index contributed by atoms with van der Waals surface area (Å²) >= 11 is 0. The summed E-state index contributed by atoms with van der Waals surface area (Å²) in [7, 11) is -3.50. The van der Waals surface area contributed by atoms with Crippen molar-refractivity contribution in [2.75, 3.05) is 17.6 Å². The Labute approximate surface area is 165 Å². The van der Waals surface area contributed by atoms with Crippen molar-refractivity contribution < 1.29 is 27.7 Å². The second-order valence-corrected chi connectivity index (χ2v) is 7.95. The fourth-order valence-electron chi connectivity index (χ4n) is 2.54. The van der Waals surface area contributed by atoms with E-state index in [1.54, 1.807) is 0 Å². The zero-order valence-corrected chi connectivity index (χ0v) is 16.0. The molecule has 0 aromatic heterocycles. The summed E-state index contributed by atoms with van der Waals surface area (Å²) in [6.07, 6.45) is 2.96. The molecule has 0 saturated heterocycles. The molecule has 0 aliphatic carbocycles. The lowest BCUT2D eigenvalue weighted by atomic mass is 10.2. The summed E-state index contributed by atoms with van der Waals surface area (Å²) in [4.78, 5) is 36.2. The second kappa shape index (κ2) is 7.83. The third kappa shape index (κ3) is 4.85. The average Bonchev–Trinajstić information content (AvgIpc) is 2.67. The number of nitro benzene ring substituents is 1. The zero-order chi connectivity index (χ0) is 21.2. The Hall–Kier alpha value is -3.54. The fourth-order valence-corrected chi connectivity index (χ4v) is 3.51. The summed E-state index contributed by atoms with van der Waals surface area (Å²) in [5.74, 6) is -1.42. The van der Waals surface area contributed by atoms with Crippen molar-refractivity contribution in [3.05, 3.63) is 58.3 Å². The maximum Gasteiger partial charge on any atom is 0.340 e. The van der Waals surface area contributed by atoms with Gasteiger partial charge in [0.1, 0.15) is 5.84 Å². The molecule has 0 saturated carbocycles. The van der Waals surface area contributed by atoms with Crippen LogP contribution in [0.3, 0.4) is 0 Å². The van der Waals surface area contributed by atoms with Crippen LogP contribution in [0.25, 0.3) is 0 Å². The first-order chi connectivity index (χ1) is 13.6. The van der Waals surface area contributed by atoms with Crippen molar-refractivity contribution in [3.8, 4) is 0 Å². The van der Waals surface area contributed by atoms with Gasteiger partial charge in [-0.15, -0.1) is 4.40 Å². The molecule has 0 fully saturated rings. The van der Waals surface area contributed by atoms with Crippen LogP contribution >= 0.6 is 0 Å². The molecule has 0 radical (unpaired) electrons. The minimum atomic E-state index is -3.50. The van der Waals surface area contributed by atoms with Gasteiger partial charge in [0.2, 0.25) is 0 Å². The topological polar surface area (TPSA) is 148 Å². The van der Waals surface area contributed by atoms with E-state index in [-0.39, 0.29) is 35.1 Å². The molecule has 1 amide bonds. The van der Waals surface area contributed by atoms with Gasteiger partial charge in [-0.1, -0.05) is 6.07 Å². The van der Waals surface area contributed by atoms with Crippen LogP contribution in [0.15, 0.2) is 52.6 Å². The number of esters is 1. The van der Waals surface area contributed by atoms with Gasteiger partial charge in [-0.2, -0.15) is 0 Å². The molecule has 0 spiro atoms. The van der Waals surface area contributed by atoms with Crippen LogP contribution in [0, 0.1) is 10.1 Å². The molecule has 2 aliphatic rings. The molecule has 1 atom stereocenters. The number of anilines is 1. The monoisotopic (exact) mass is 420 g/mol. The van der Waals surface area contributed by atoms with Crippen LogP contribution in [0.5, 0.6) is 0 Å². The van der Waals surface area contributed by atoms with Crippen molar-refractivity contribution in [1.29, 1.82) is 0 Å². The normalized spacial score (nSPS) is 18.0. The van der Waals surface area contributed by atoms with Crippen molar-refractivity contribution in [1.82, 2.24) is 4.90 Å². The molecule has 29 heavy (non-hydrogen) atoms. The summed E-state index contributed by atoms with van der Waals surface area (Å²) in [5.41, 5.74) is 0.128. The van der Waals surface area contributed by atoms with Crippen LogP contribution in [-0.4, -0.2) is 54.4 Å². The lowest BCUT2D eigenvalue weighted by Gasteiger charge is -2.27. The Morgan fingerprint density at radius 1 is 1.34 bits per heavy atom. The van der Waals surface area contributed by atoms with E-state index in [2.05, 4.69) is 9.71 Å². The maximum atomic E-state index is 12.3. The first-order valence-corrected chi connectivity index (χ1v) is 10.0. The number of nitro groups is 1. The molecule has 152 valence electrons. The van der Waals surface area contributed by atoms with Gasteiger partial charge in [-0.05, 0) is 25.1 Å². The number of ether oxygens (including phenoxy) is 1. The van der Waals surface area contributed by atoms with E-state index in [9.17, 15) is 28.1 Å². The predicted molar refractivity (Wildman–Crippen MR) is 102 cm³/mol. The number of amides is 1. The lowest BCUT2D eigenvalue weighted by Crippen LogP contribution is -2.37. The molecule has 3 rings (SSSR count). The summed E-state index contributed by atoms with van der Waals surface area (Å²) in [6.45, 7) is 1.50. The molecule has 1 aromatic carbocycles. The van der Waals surface area contributed by atoms with E-state index in [1.807, 2.05) is 0 Å². The highest BCUT2D eigenvalue weighted by molar-refractivity contribution is 7.90. The first-order valence-electron chi connectivity index (χ1n) is 8.40.